The van der Waals surface area contributed by atoms with Gasteiger partial charge in [0, 0.05) is 13.1 Å². The summed E-state index contributed by atoms with van der Waals surface area (Å²) in [6.45, 7) is 3.43. The Kier molecular flexibility index (Phi) is 3.69. The van der Waals surface area contributed by atoms with Crippen LogP contribution in [0.4, 0.5) is 0 Å². The Balaban J connectivity index is 1.33. The molecule has 1 amide bonds. The van der Waals surface area contributed by atoms with Crippen LogP contribution in [0.3, 0.4) is 0 Å². The molecular weight excluding hydrogens is 302 g/mol. The molecule has 1 aliphatic rings. The lowest BCUT2D eigenvalue weighted by atomic mass is 9.99. The van der Waals surface area contributed by atoms with Gasteiger partial charge in [0.05, 0.1) is 17.0 Å². The maximum absolute atomic E-state index is 12.2. The molecule has 122 valence electrons. The van der Waals surface area contributed by atoms with E-state index in [-0.39, 0.29) is 18.4 Å². The number of imidazole rings is 1. The first-order chi connectivity index (χ1) is 11.7. The summed E-state index contributed by atoms with van der Waals surface area (Å²) >= 11 is 0. The van der Waals surface area contributed by atoms with Crippen LogP contribution in [0.15, 0.2) is 48.5 Å². The number of ether oxygens (including phenoxy) is 1. The van der Waals surface area contributed by atoms with E-state index in [4.69, 9.17) is 4.74 Å². The number of nitrogens with zero attached hydrogens (tertiary/aromatic N) is 2. The van der Waals surface area contributed by atoms with Gasteiger partial charge in [-0.3, -0.25) is 4.79 Å². The Morgan fingerprint density at radius 2 is 1.96 bits per heavy atom. The third kappa shape index (κ3) is 2.73. The van der Waals surface area contributed by atoms with Crippen molar-refractivity contribution in [2.24, 2.45) is 0 Å². The van der Waals surface area contributed by atoms with Crippen molar-refractivity contribution in [3.63, 3.8) is 0 Å². The molecule has 1 fully saturated rings. The fraction of sp³-hybridized carbons (Fsp3) is 0.263. The third-order valence-corrected chi connectivity index (χ3v) is 4.47. The normalized spacial score (nSPS) is 14.6. The zero-order valence-electron chi connectivity index (χ0n) is 13.5. The number of H-pyrrole nitrogens is 1. The highest BCUT2D eigenvalue weighted by molar-refractivity contribution is 5.79. The van der Waals surface area contributed by atoms with Gasteiger partial charge in [0.1, 0.15) is 11.6 Å². The van der Waals surface area contributed by atoms with Crippen LogP contribution in [0.25, 0.3) is 11.0 Å². The van der Waals surface area contributed by atoms with Crippen molar-refractivity contribution >= 4 is 16.9 Å². The van der Waals surface area contributed by atoms with Gasteiger partial charge in [-0.15, -0.1) is 0 Å². The van der Waals surface area contributed by atoms with Crippen LogP contribution >= 0.6 is 0 Å². The molecule has 0 spiro atoms. The van der Waals surface area contributed by atoms with Crippen molar-refractivity contribution in [1.82, 2.24) is 14.9 Å². The summed E-state index contributed by atoms with van der Waals surface area (Å²) in [5.74, 6) is 2.02. The van der Waals surface area contributed by atoms with Gasteiger partial charge in [0.15, 0.2) is 6.61 Å². The quantitative estimate of drug-likeness (QED) is 0.804. The lowest BCUT2D eigenvalue weighted by Gasteiger charge is -2.38. The van der Waals surface area contributed by atoms with Crippen LogP contribution in [0.5, 0.6) is 5.75 Å². The molecule has 0 unspecified atom stereocenters. The number of nitrogens with one attached hydrogen (secondary N) is 1. The molecule has 5 nitrogen and oxygen atoms in total. The maximum Gasteiger partial charge on any atom is 0.260 e. The largest absolute Gasteiger partial charge is 0.484 e. The Bertz CT molecular complexity index is 848. The van der Waals surface area contributed by atoms with Crippen molar-refractivity contribution < 1.29 is 9.53 Å². The molecule has 2 heterocycles. The van der Waals surface area contributed by atoms with Gasteiger partial charge in [-0.05, 0) is 30.7 Å². The number of aromatic amines is 1. The zero-order valence-corrected chi connectivity index (χ0v) is 13.5. The SMILES string of the molecule is Cc1ccccc1OCC(=O)N1CC(c2nc3ccccc3[nH]2)C1. The van der Waals surface area contributed by atoms with Crippen molar-refractivity contribution in [2.45, 2.75) is 12.8 Å². The highest BCUT2D eigenvalue weighted by atomic mass is 16.5. The van der Waals surface area contributed by atoms with Crippen LogP contribution in [0.1, 0.15) is 17.3 Å². The molecule has 2 aromatic carbocycles. The maximum atomic E-state index is 12.2. The van der Waals surface area contributed by atoms with Crippen molar-refractivity contribution in [3.05, 3.63) is 59.9 Å². The Labute approximate surface area is 140 Å². The molecule has 1 saturated heterocycles. The molecule has 5 heteroatoms. The summed E-state index contributed by atoms with van der Waals surface area (Å²) in [6, 6.07) is 15.7. The summed E-state index contributed by atoms with van der Waals surface area (Å²) in [4.78, 5) is 22.0. The molecule has 1 aliphatic heterocycles. The van der Waals surface area contributed by atoms with Crippen LogP contribution in [0, 0.1) is 6.92 Å². The molecule has 24 heavy (non-hydrogen) atoms. The fourth-order valence-electron chi connectivity index (χ4n) is 2.97. The van der Waals surface area contributed by atoms with E-state index in [2.05, 4.69) is 9.97 Å². The number of fused-ring (bicyclic) bond motifs is 1. The summed E-state index contributed by atoms with van der Waals surface area (Å²) < 4.78 is 5.63. The molecule has 0 bridgehead atoms. The minimum atomic E-state index is 0.0191. The fourth-order valence-corrected chi connectivity index (χ4v) is 2.97. The van der Waals surface area contributed by atoms with E-state index in [1.807, 2.05) is 60.4 Å². The van der Waals surface area contributed by atoms with E-state index in [9.17, 15) is 4.79 Å². The smallest absolute Gasteiger partial charge is 0.260 e. The monoisotopic (exact) mass is 321 g/mol. The summed E-state index contributed by atoms with van der Waals surface area (Å²) in [7, 11) is 0. The van der Waals surface area contributed by atoms with Crippen molar-refractivity contribution in [1.29, 1.82) is 0 Å². The number of likely N-dealkylation sites (tertiary alicyclic amines) is 1. The summed E-state index contributed by atoms with van der Waals surface area (Å²) in [5, 5.41) is 0. The third-order valence-electron chi connectivity index (χ3n) is 4.47. The molecule has 0 atom stereocenters. The van der Waals surface area contributed by atoms with Crippen LogP contribution in [-0.2, 0) is 4.79 Å². The summed E-state index contributed by atoms with van der Waals surface area (Å²) in [6.07, 6.45) is 0. The van der Waals surface area contributed by atoms with Gasteiger partial charge in [-0.25, -0.2) is 4.98 Å². The van der Waals surface area contributed by atoms with Gasteiger partial charge in [0.2, 0.25) is 0 Å². The van der Waals surface area contributed by atoms with E-state index in [1.54, 1.807) is 0 Å². The zero-order chi connectivity index (χ0) is 16.5. The molecule has 3 aromatic rings. The highest BCUT2D eigenvalue weighted by Crippen LogP contribution is 2.27. The van der Waals surface area contributed by atoms with Crippen LogP contribution in [-0.4, -0.2) is 40.5 Å². The lowest BCUT2D eigenvalue weighted by Crippen LogP contribution is -2.50. The number of aromatic nitrogens is 2. The molecule has 1 aromatic heterocycles. The highest BCUT2D eigenvalue weighted by Gasteiger charge is 2.33. The predicted octanol–water partition coefficient (Wildman–Crippen LogP) is 2.88. The number of carbonyl (C=O) groups excluding carboxylic acids is 1. The number of amides is 1. The second kappa shape index (κ2) is 6.00. The number of rotatable bonds is 4. The Morgan fingerprint density at radius 3 is 2.75 bits per heavy atom. The van der Waals surface area contributed by atoms with Gasteiger partial charge < -0.3 is 14.6 Å². The van der Waals surface area contributed by atoms with E-state index in [1.165, 1.54) is 0 Å². The molecule has 0 radical (unpaired) electrons. The number of aryl methyl sites for hydroxylation is 1. The van der Waals surface area contributed by atoms with Crippen molar-refractivity contribution in [3.8, 4) is 5.75 Å². The first-order valence-corrected chi connectivity index (χ1v) is 8.11. The lowest BCUT2D eigenvalue weighted by molar-refractivity contribution is -0.137. The van der Waals surface area contributed by atoms with Gasteiger partial charge in [-0.2, -0.15) is 0 Å². The number of carbonyl (C=O) groups is 1. The van der Waals surface area contributed by atoms with E-state index in [0.29, 0.717) is 13.1 Å². The van der Waals surface area contributed by atoms with Crippen molar-refractivity contribution in [2.75, 3.05) is 19.7 Å². The van der Waals surface area contributed by atoms with Crippen LogP contribution in [0.2, 0.25) is 0 Å². The standard InChI is InChI=1S/C19H19N3O2/c1-13-6-2-5-9-17(13)24-12-18(23)22-10-14(11-22)19-20-15-7-3-4-8-16(15)21-19/h2-9,14H,10-12H2,1H3,(H,20,21). The molecule has 4 rings (SSSR count). The second-order valence-electron chi connectivity index (χ2n) is 6.19. The van der Waals surface area contributed by atoms with E-state index < -0.39 is 0 Å². The topological polar surface area (TPSA) is 58.2 Å². The number of para-hydroxylation sites is 3. The minimum Gasteiger partial charge on any atom is -0.484 e. The van der Waals surface area contributed by atoms with Crippen LogP contribution < -0.4 is 4.74 Å². The molecule has 0 aliphatic carbocycles. The summed E-state index contributed by atoms with van der Waals surface area (Å²) in [5.41, 5.74) is 3.05. The van der Waals surface area contributed by atoms with Gasteiger partial charge in [0.25, 0.3) is 5.91 Å². The number of hydrogen-bond donors (Lipinski definition) is 1. The second-order valence-corrected chi connectivity index (χ2v) is 6.19. The van der Waals surface area contributed by atoms with Gasteiger partial charge >= 0.3 is 0 Å². The minimum absolute atomic E-state index is 0.0191. The molecule has 0 saturated carbocycles. The Hall–Kier alpha value is -2.82. The average Bonchev–Trinajstić information content (AvgIpc) is 2.96. The first kappa shape index (κ1) is 14.8. The molecular formula is C19H19N3O2. The van der Waals surface area contributed by atoms with E-state index in [0.717, 1.165) is 28.2 Å². The van der Waals surface area contributed by atoms with E-state index >= 15 is 0 Å². The number of benzene rings is 2. The average molecular weight is 321 g/mol. The number of hydrogen-bond acceptors (Lipinski definition) is 3. The van der Waals surface area contributed by atoms with Gasteiger partial charge in [-0.1, -0.05) is 30.3 Å². The predicted molar refractivity (Wildman–Crippen MR) is 92.1 cm³/mol. The molecule has 1 N–H and O–H groups in total. The Morgan fingerprint density at radius 1 is 1.21 bits per heavy atom. The first-order valence-electron chi connectivity index (χ1n) is 8.11.